The van der Waals surface area contributed by atoms with E-state index in [1.807, 2.05) is 19.9 Å². The number of carbonyl (C=O) groups excluding carboxylic acids is 2. The van der Waals surface area contributed by atoms with E-state index in [0.29, 0.717) is 23.7 Å². The van der Waals surface area contributed by atoms with Gasteiger partial charge in [0.25, 0.3) is 5.91 Å². The van der Waals surface area contributed by atoms with Crippen LogP contribution >= 0.6 is 0 Å². The van der Waals surface area contributed by atoms with Crippen molar-refractivity contribution in [1.29, 1.82) is 5.26 Å². The lowest BCUT2D eigenvalue weighted by Crippen LogP contribution is -2.36. The largest absolute Gasteiger partial charge is 0.489 e. The molecule has 0 saturated heterocycles. The Morgan fingerprint density at radius 2 is 1.88 bits per heavy atom. The van der Waals surface area contributed by atoms with E-state index in [4.69, 9.17) is 19.3 Å². The molecule has 176 valence electrons. The number of nitrogens with zero attached hydrogens (tertiary/aromatic N) is 3. The molecule has 3 rings (SSSR count). The predicted octanol–water partition coefficient (Wildman–Crippen LogP) is 4.04. The first-order valence-corrected chi connectivity index (χ1v) is 10.6. The maximum absolute atomic E-state index is 14.1. The molecule has 0 unspecified atom stereocenters. The molecule has 2 aromatic carbocycles. The van der Waals surface area contributed by atoms with Crippen molar-refractivity contribution in [3.63, 3.8) is 0 Å². The molecule has 9 heteroatoms. The van der Waals surface area contributed by atoms with Crippen LogP contribution in [0.15, 0.2) is 53.1 Å². The minimum Gasteiger partial charge on any atom is -0.489 e. The lowest BCUT2D eigenvalue weighted by molar-refractivity contribution is -0.147. The number of rotatable bonds is 10. The first kappa shape index (κ1) is 24.5. The molecule has 0 saturated carbocycles. The average molecular weight is 465 g/mol. The highest BCUT2D eigenvalue weighted by Gasteiger charge is 2.20. The molecule has 1 aromatic heterocycles. The molecule has 0 atom stereocenters. The Kier molecular flexibility index (Phi) is 8.35. The van der Waals surface area contributed by atoms with Crippen molar-refractivity contribution in [3.05, 3.63) is 76.9 Å². The lowest BCUT2D eigenvalue weighted by Gasteiger charge is -2.22. The molecule has 3 aromatic rings. The van der Waals surface area contributed by atoms with Crippen LogP contribution < -0.4 is 9.64 Å². The van der Waals surface area contributed by atoms with E-state index in [1.54, 1.807) is 30.3 Å². The number of esters is 1. The number of hydrogen-bond donors (Lipinski definition) is 0. The second kappa shape index (κ2) is 11.6. The first-order chi connectivity index (χ1) is 16.4. The van der Waals surface area contributed by atoms with E-state index in [-0.39, 0.29) is 25.1 Å². The van der Waals surface area contributed by atoms with Crippen molar-refractivity contribution >= 4 is 17.6 Å². The molecule has 0 aliphatic rings. The molecule has 0 N–H and O–H groups in total. The van der Waals surface area contributed by atoms with Gasteiger partial charge in [-0.15, -0.1) is 0 Å². The summed E-state index contributed by atoms with van der Waals surface area (Å²) in [5.74, 6) is -0.502. The van der Waals surface area contributed by atoms with Gasteiger partial charge in [-0.25, -0.2) is 4.39 Å². The number of ether oxygens (including phenoxy) is 2. The van der Waals surface area contributed by atoms with Crippen molar-refractivity contribution in [2.24, 2.45) is 0 Å². The van der Waals surface area contributed by atoms with Crippen LogP contribution in [0, 0.1) is 31.0 Å². The molecule has 0 radical (unpaired) electrons. The van der Waals surface area contributed by atoms with Gasteiger partial charge in [0.15, 0.2) is 6.61 Å². The van der Waals surface area contributed by atoms with Gasteiger partial charge < -0.3 is 18.9 Å². The standard InChI is InChI=1S/C25H24FN3O5/c1-17-21(18(2)34-28-17)15-32-20-10-8-19(9-11-20)14-25(31)33-16-24(30)29(13-5-12-27)23-7-4-3-6-22(23)26/h3-4,6-11H,5,13-16H2,1-2H3. The summed E-state index contributed by atoms with van der Waals surface area (Å²) in [6.45, 7) is 3.40. The Balaban J connectivity index is 1.52. The summed E-state index contributed by atoms with van der Waals surface area (Å²) < 4.78 is 30.1. The molecule has 1 amide bonds. The minimum atomic E-state index is -0.614. The molecule has 0 aliphatic carbocycles. The molecule has 0 bridgehead atoms. The van der Waals surface area contributed by atoms with Crippen molar-refractivity contribution < 1.29 is 28.0 Å². The van der Waals surface area contributed by atoms with Crippen LogP contribution in [-0.4, -0.2) is 30.2 Å². The van der Waals surface area contributed by atoms with Gasteiger partial charge >= 0.3 is 5.97 Å². The van der Waals surface area contributed by atoms with E-state index >= 15 is 0 Å². The lowest BCUT2D eigenvalue weighted by atomic mass is 10.1. The number of aromatic nitrogens is 1. The summed E-state index contributed by atoms with van der Waals surface area (Å²) >= 11 is 0. The highest BCUT2D eigenvalue weighted by molar-refractivity contribution is 5.95. The fourth-order valence-corrected chi connectivity index (χ4v) is 3.22. The monoisotopic (exact) mass is 465 g/mol. The fourth-order valence-electron chi connectivity index (χ4n) is 3.22. The smallest absolute Gasteiger partial charge is 0.310 e. The second-order valence-corrected chi connectivity index (χ2v) is 7.48. The second-order valence-electron chi connectivity index (χ2n) is 7.48. The number of benzene rings is 2. The summed E-state index contributed by atoms with van der Waals surface area (Å²) in [6, 6.07) is 14.6. The fraction of sp³-hybridized carbons (Fsp3) is 0.280. The van der Waals surface area contributed by atoms with Crippen LogP contribution in [0.5, 0.6) is 5.75 Å². The summed E-state index contributed by atoms with van der Waals surface area (Å²) in [7, 11) is 0. The van der Waals surface area contributed by atoms with Gasteiger partial charge in [-0.1, -0.05) is 29.4 Å². The third kappa shape index (κ3) is 6.42. The van der Waals surface area contributed by atoms with Crippen LogP contribution in [0.1, 0.15) is 29.0 Å². The summed E-state index contributed by atoms with van der Waals surface area (Å²) in [6.07, 6.45) is -0.0337. The predicted molar refractivity (Wildman–Crippen MR) is 120 cm³/mol. The molecule has 8 nitrogen and oxygen atoms in total. The highest BCUT2D eigenvalue weighted by atomic mass is 19.1. The van der Waals surface area contributed by atoms with Crippen LogP contribution in [-0.2, 0) is 27.4 Å². The number of para-hydroxylation sites is 1. The third-order valence-electron chi connectivity index (χ3n) is 5.08. The minimum absolute atomic E-state index is 0.0107. The van der Waals surface area contributed by atoms with Crippen LogP contribution in [0.4, 0.5) is 10.1 Å². The van der Waals surface area contributed by atoms with Crippen molar-refractivity contribution in [1.82, 2.24) is 5.16 Å². The summed E-state index contributed by atoms with van der Waals surface area (Å²) in [5, 5.41) is 12.7. The number of nitriles is 1. The summed E-state index contributed by atoms with van der Waals surface area (Å²) in [5.41, 5.74) is 2.37. The first-order valence-electron chi connectivity index (χ1n) is 10.6. The molecule has 34 heavy (non-hydrogen) atoms. The van der Waals surface area contributed by atoms with Crippen molar-refractivity contribution in [3.8, 4) is 11.8 Å². The maximum atomic E-state index is 14.1. The Bertz CT molecular complexity index is 1160. The molecule has 0 fully saturated rings. The third-order valence-corrected chi connectivity index (χ3v) is 5.08. The van der Waals surface area contributed by atoms with E-state index in [9.17, 15) is 14.0 Å². The molecular formula is C25H24FN3O5. The molecular weight excluding hydrogens is 441 g/mol. The molecule has 0 spiro atoms. The van der Waals surface area contributed by atoms with Crippen LogP contribution in [0.2, 0.25) is 0 Å². The Hall–Kier alpha value is -4.19. The summed E-state index contributed by atoms with van der Waals surface area (Å²) in [4.78, 5) is 25.9. The van der Waals surface area contributed by atoms with E-state index in [1.165, 1.54) is 18.2 Å². The maximum Gasteiger partial charge on any atom is 0.310 e. The number of carbonyl (C=O) groups is 2. The Morgan fingerprint density at radius 3 is 2.53 bits per heavy atom. The van der Waals surface area contributed by atoms with Gasteiger partial charge in [-0.05, 0) is 43.7 Å². The zero-order valence-corrected chi connectivity index (χ0v) is 18.9. The van der Waals surface area contributed by atoms with Gasteiger partial charge in [0.05, 0.1) is 35.9 Å². The van der Waals surface area contributed by atoms with Gasteiger partial charge in [0, 0.05) is 6.54 Å². The number of halogens is 1. The molecule has 0 aliphatic heterocycles. The Labute approximate surface area is 196 Å². The van der Waals surface area contributed by atoms with E-state index in [2.05, 4.69) is 5.16 Å². The number of hydrogen-bond acceptors (Lipinski definition) is 7. The van der Waals surface area contributed by atoms with Crippen molar-refractivity contribution in [2.45, 2.75) is 33.3 Å². The topological polar surface area (TPSA) is 106 Å². The normalized spacial score (nSPS) is 10.4. The number of aryl methyl sites for hydroxylation is 2. The van der Waals surface area contributed by atoms with Gasteiger partial charge in [-0.3, -0.25) is 9.59 Å². The van der Waals surface area contributed by atoms with E-state index in [0.717, 1.165) is 16.2 Å². The zero-order chi connectivity index (χ0) is 24.5. The zero-order valence-electron chi connectivity index (χ0n) is 18.9. The van der Waals surface area contributed by atoms with Gasteiger partial charge in [-0.2, -0.15) is 5.26 Å². The number of amides is 1. The van der Waals surface area contributed by atoms with Crippen LogP contribution in [0.3, 0.4) is 0 Å². The Morgan fingerprint density at radius 1 is 1.15 bits per heavy atom. The number of anilines is 1. The van der Waals surface area contributed by atoms with Crippen molar-refractivity contribution in [2.75, 3.05) is 18.1 Å². The highest BCUT2D eigenvalue weighted by Crippen LogP contribution is 2.20. The average Bonchev–Trinajstić information content (AvgIpc) is 3.15. The van der Waals surface area contributed by atoms with Crippen LogP contribution in [0.25, 0.3) is 0 Å². The van der Waals surface area contributed by atoms with E-state index < -0.39 is 24.3 Å². The van der Waals surface area contributed by atoms with Gasteiger partial charge in [0.2, 0.25) is 0 Å². The SMILES string of the molecule is Cc1noc(C)c1COc1ccc(CC(=O)OCC(=O)N(CCC#N)c2ccccc2F)cc1. The molecule has 1 heterocycles. The van der Waals surface area contributed by atoms with Gasteiger partial charge in [0.1, 0.15) is 23.9 Å². The quantitative estimate of drug-likeness (QED) is 0.416.